The molecule has 1 atom stereocenters. The first-order valence-corrected chi connectivity index (χ1v) is 10.6. The fourth-order valence-electron chi connectivity index (χ4n) is 4.09. The van der Waals surface area contributed by atoms with Gasteiger partial charge in [-0.3, -0.25) is 4.79 Å². The van der Waals surface area contributed by atoms with Gasteiger partial charge < -0.3 is 19.7 Å². The first-order chi connectivity index (χ1) is 15.3. The van der Waals surface area contributed by atoms with Gasteiger partial charge in [0.05, 0.1) is 12.3 Å². The van der Waals surface area contributed by atoms with Crippen molar-refractivity contribution in [3.63, 3.8) is 0 Å². The second-order valence-corrected chi connectivity index (χ2v) is 8.58. The number of nitrogens with one attached hydrogen (secondary N) is 1. The molecule has 1 aliphatic carbocycles. The standard InChI is InChI=1S/C23H25F2N3O4/c1-14(2)31-22(30)28-9-7-23(8-10-28)12-17(23)21(29)27-20-6-4-16(13-26-20)32-19-5-3-15(24)11-18(19)25/h3-6,11,13-14,17H,7-10,12H2,1-2H3,(H,26,27,29). The molecule has 7 nitrogen and oxygen atoms in total. The van der Waals surface area contributed by atoms with Gasteiger partial charge in [-0.25, -0.2) is 18.6 Å². The molecule has 170 valence electrons. The Morgan fingerprint density at radius 1 is 1.19 bits per heavy atom. The van der Waals surface area contributed by atoms with Gasteiger partial charge in [-0.15, -0.1) is 0 Å². The van der Waals surface area contributed by atoms with Crippen LogP contribution in [0.4, 0.5) is 19.4 Å². The highest BCUT2D eigenvalue weighted by molar-refractivity contribution is 5.94. The number of ether oxygens (including phenoxy) is 2. The van der Waals surface area contributed by atoms with Gasteiger partial charge in [-0.1, -0.05) is 0 Å². The summed E-state index contributed by atoms with van der Waals surface area (Å²) in [6.07, 6.45) is 3.22. The van der Waals surface area contributed by atoms with Gasteiger partial charge in [0.25, 0.3) is 0 Å². The summed E-state index contributed by atoms with van der Waals surface area (Å²) in [6.45, 7) is 4.80. The van der Waals surface area contributed by atoms with Crippen LogP contribution in [0.2, 0.25) is 0 Å². The van der Waals surface area contributed by atoms with Gasteiger partial charge in [0.1, 0.15) is 17.4 Å². The first-order valence-electron chi connectivity index (χ1n) is 10.6. The molecule has 0 radical (unpaired) electrons. The Labute approximate surface area is 184 Å². The van der Waals surface area contributed by atoms with Crippen LogP contribution in [0.15, 0.2) is 36.5 Å². The molecule has 1 spiro atoms. The number of hydrogen-bond acceptors (Lipinski definition) is 5. The van der Waals surface area contributed by atoms with Gasteiger partial charge in [-0.2, -0.15) is 0 Å². The fraction of sp³-hybridized carbons (Fsp3) is 0.435. The van der Waals surface area contributed by atoms with Crippen molar-refractivity contribution in [3.8, 4) is 11.5 Å². The second-order valence-electron chi connectivity index (χ2n) is 8.58. The molecular weight excluding hydrogens is 420 g/mol. The summed E-state index contributed by atoms with van der Waals surface area (Å²) >= 11 is 0. The number of amides is 2. The van der Waals surface area contributed by atoms with E-state index in [0.717, 1.165) is 31.4 Å². The van der Waals surface area contributed by atoms with E-state index in [-0.39, 0.29) is 40.9 Å². The smallest absolute Gasteiger partial charge is 0.410 e. The molecule has 9 heteroatoms. The SMILES string of the molecule is CC(C)OC(=O)N1CCC2(CC1)CC2C(=O)Nc1ccc(Oc2ccc(F)cc2F)cn1. The highest BCUT2D eigenvalue weighted by atomic mass is 19.1. The zero-order valence-electron chi connectivity index (χ0n) is 17.9. The third-order valence-electron chi connectivity index (χ3n) is 5.97. The topological polar surface area (TPSA) is 80.8 Å². The maximum absolute atomic E-state index is 13.7. The number of anilines is 1. The van der Waals surface area contributed by atoms with E-state index in [1.807, 2.05) is 13.8 Å². The molecular formula is C23H25F2N3O4. The summed E-state index contributed by atoms with van der Waals surface area (Å²) < 4.78 is 37.3. The van der Waals surface area contributed by atoms with Crippen LogP contribution in [0.5, 0.6) is 11.5 Å². The normalized spacial score (nSPS) is 19.0. The minimum absolute atomic E-state index is 0.0676. The summed E-state index contributed by atoms with van der Waals surface area (Å²) in [4.78, 5) is 30.6. The lowest BCUT2D eigenvalue weighted by atomic mass is 9.91. The zero-order valence-corrected chi connectivity index (χ0v) is 17.9. The molecule has 32 heavy (non-hydrogen) atoms. The van der Waals surface area contributed by atoms with Crippen LogP contribution in [-0.4, -0.2) is 41.1 Å². The van der Waals surface area contributed by atoms with E-state index in [1.54, 1.807) is 17.0 Å². The monoisotopic (exact) mass is 445 g/mol. The minimum Gasteiger partial charge on any atom is -0.453 e. The molecule has 4 rings (SSSR count). The van der Waals surface area contributed by atoms with E-state index in [0.29, 0.717) is 18.9 Å². The number of aromatic nitrogens is 1. The van der Waals surface area contributed by atoms with Crippen LogP contribution < -0.4 is 10.1 Å². The molecule has 2 aliphatic rings. The lowest BCUT2D eigenvalue weighted by Gasteiger charge is -2.32. The summed E-state index contributed by atoms with van der Waals surface area (Å²) in [6, 6.07) is 6.14. The van der Waals surface area contributed by atoms with Crippen LogP contribution in [0.3, 0.4) is 0 Å². The van der Waals surface area contributed by atoms with Crippen molar-refractivity contribution in [1.82, 2.24) is 9.88 Å². The summed E-state index contributed by atoms with van der Waals surface area (Å²) in [5.74, 6) is -1.21. The highest BCUT2D eigenvalue weighted by Crippen LogP contribution is 2.59. The Hall–Kier alpha value is -3.23. The predicted octanol–water partition coefficient (Wildman–Crippen LogP) is 4.74. The van der Waals surface area contributed by atoms with E-state index >= 15 is 0 Å². The van der Waals surface area contributed by atoms with Crippen LogP contribution >= 0.6 is 0 Å². The molecule has 1 aromatic carbocycles. The van der Waals surface area contributed by atoms with Crippen molar-refractivity contribution < 1.29 is 27.8 Å². The summed E-state index contributed by atoms with van der Waals surface area (Å²) in [5.41, 5.74) is -0.0676. The van der Waals surface area contributed by atoms with Gasteiger partial charge in [-0.05, 0) is 62.8 Å². The number of carbonyl (C=O) groups is 2. The van der Waals surface area contributed by atoms with Gasteiger partial charge in [0.2, 0.25) is 5.91 Å². The zero-order chi connectivity index (χ0) is 22.9. The third-order valence-corrected chi connectivity index (χ3v) is 5.97. The van der Waals surface area contributed by atoms with Crippen LogP contribution in [-0.2, 0) is 9.53 Å². The van der Waals surface area contributed by atoms with E-state index in [2.05, 4.69) is 10.3 Å². The minimum atomic E-state index is -0.815. The summed E-state index contributed by atoms with van der Waals surface area (Å²) in [7, 11) is 0. The number of benzene rings is 1. The van der Waals surface area contributed by atoms with Gasteiger partial charge in [0, 0.05) is 25.1 Å². The number of likely N-dealkylation sites (tertiary alicyclic amines) is 1. The second kappa shape index (κ2) is 8.72. The molecule has 2 heterocycles. The molecule has 1 saturated heterocycles. The molecule has 2 aromatic rings. The van der Waals surface area contributed by atoms with Crippen LogP contribution in [0, 0.1) is 23.0 Å². The van der Waals surface area contributed by atoms with E-state index in [9.17, 15) is 18.4 Å². The van der Waals surface area contributed by atoms with Crippen molar-refractivity contribution in [2.45, 2.75) is 39.2 Å². The average molecular weight is 445 g/mol. The van der Waals surface area contributed by atoms with Crippen molar-refractivity contribution in [2.75, 3.05) is 18.4 Å². The maximum Gasteiger partial charge on any atom is 0.410 e. The lowest BCUT2D eigenvalue weighted by molar-refractivity contribution is -0.118. The molecule has 2 amide bonds. The maximum atomic E-state index is 13.7. The van der Waals surface area contributed by atoms with Crippen LogP contribution in [0.1, 0.15) is 33.1 Å². The summed E-state index contributed by atoms with van der Waals surface area (Å²) in [5, 5.41) is 2.81. The van der Waals surface area contributed by atoms with Crippen molar-refractivity contribution in [1.29, 1.82) is 0 Å². The molecule has 1 aliphatic heterocycles. The Morgan fingerprint density at radius 3 is 2.56 bits per heavy atom. The number of rotatable bonds is 5. The molecule has 1 N–H and O–H groups in total. The number of pyridine rings is 1. The van der Waals surface area contributed by atoms with Gasteiger partial charge in [0.15, 0.2) is 11.6 Å². The number of halogens is 2. The molecule has 1 unspecified atom stereocenters. The number of hydrogen-bond donors (Lipinski definition) is 1. The Morgan fingerprint density at radius 2 is 1.94 bits per heavy atom. The van der Waals surface area contributed by atoms with Crippen molar-refractivity contribution in [3.05, 3.63) is 48.2 Å². The number of nitrogens with zero attached hydrogens (tertiary/aromatic N) is 2. The van der Waals surface area contributed by atoms with Crippen molar-refractivity contribution >= 4 is 17.8 Å². The molecule has 1 saturated carbocycles. The Kier molecular flexibility index (Phi) is 5.99. The molecule has 2 fully saturated rings. The average Bonchev–Trinajstić information content (AvgIpc) is 3.44. The quantitative estimate of drug-likeness (QED) is 0.719. The molecule has 0 bridgehead atoms. The van der Waals surface area contributed by atoms with Crippen molar-refractivity contribution in [2.24, 2.45) is 11.3 Å². The highest BCUT2D eigenvalue weighted by Gasteiger charge is 2.58. The Bertz CT molecular complexity index is 1000. The third kappa shape index (κ3) is 4.81. The Balaban J connectivity index is 1.28. The van der Waals surface area contributed by atoms with E-state index in [1.165, 1.54) is 12.3 Å². The van der Waals surface area contributed by atoms with E-state index in [4.69, 9.17) is 9.47 Å². The molecule has 1 aromatic heterocycles. The van der Waals surface area contributed by atoms with Crippen LogP contribution in [0.25, 0.3) is 0 Å². The number of piperidine rings is 1. The lowest BCUT2D eigenvalue weighted by Crippen LogP contribution is -2.41. The predicted molar refractivity (Wildman–Crippen MR) is 112 cm³/mol. The number of carbonyl (C=O) groups excluding carboxylic acids is 2. The van der Waals surface area contributed by atoms with E-state index < -0.39 is 11.6 Å². The fourth-order valence-corrected chi connectivity index (χ4v) is 4.09. The first kappa shape index (κ1) is 22.0. The van der Waals surface area contributed by atoms with Gasteiger partial charge >= 0.3 is 6.09 Å². The largest absolute Gasteiger partial charge is 0.453 e.